The maximum Gasteiger partial charge on any atom is 0.407 e. The summed E-state index contributed by atoms with van der Waals surface area (Å²) in [4.78, 5) is 17.4. The quantitative estimate of drug-likeness (QED) is 0.665. The van der Waals surface area contributed by atoms with Crippen molar-refractivity contribution in [1.29, 1.82) is 0 Å². The molecule has 6 nitrogen and oxygen atoms in total. The van der Waals surface area contributed by atoms with Gasteiger partial charge in [0, 0.05) is 19.6 Å². The summed E-state index contributed by atoms with van der Waals surface area (Å²) in [5.41, 5.74) is 4.68. The Bertz CT molecular complexity index is 1140. The van der Waals surface area contributed by atoms with Gasteiger partial charge in [0.05, 0.1) is 24.9 Å². The Morgan fingerprint density at radius 2 is 1.78 bits per heavy atom. The molecule has 2 aromatic rings. The first-order valence-electron chi connectivity index (χ1n) is 13.3. The average molecular weight is 494 g/mol. The van der Waals surface area contributed by atoms with Crippen LogP contribution >= 0.6 is 0 Å². The molecule has 7 rings (SSSR count). The fourth-order valence-electron chi connectivity index (χ4n) is 6.59. The fraction of sp³-hybridized carbons (Fsp3) is 0.552. The third-order valence-electron chi connectivity index (χ3n) is 8.63. The Kier molecular flexibility index (Phi) is 6.16. The number of nitrogens with one attached hydrogen (secondary N) is 1. The van der Waals surface area contributed by atoms with E-state index in [4.69, 9.17) is 9.47 Å². The molecule has 0 aromatic heterocycles. The van der Waals surface area contributed by atoms with Crippen LogP contribution in [-0.2, 0) is 15.9 Å². The van der Waals surface area contributed by atoms with Crippen LogP contribution in [0.5, 0.6) is 0 Å². The highest BCUT2D eigenvalue weighted by Gasteiger charge is 2.42. The standard InChI is InChI=1S/C29H36FN3O3/c1-29(2)17-22-15-20(21-4-6-25(24(30)16-21)33-11-13-35-14-12-33)3-5-23(22)27(29)31-28(34)36-26-18-32-9-7-19(26)8-10-32/h3-6,15-16,19,26-27H,7-14,17-18H2,1-2H3,(H,31,34)/t26-,27?/m1/s1. The van der Waals surface area contributed by atoms with Gasteiger partial charge in [-0.25, -0.2) is 9.18 Å². The molecule has 1 aliphatic carbocycles. The molecule has 5 aliphatic rings. The van der Waals surface area contributed by atoms with E-state index in [-0.39, 0.29) is 29.5 Å². The maximum absolute atomic E-state index is 15.0. The lowest BCUT2D eigenvalue weighted by atomic mass is 9.85. The molecule has 0 radical (unpaired) electrons. The maximum atomic E-state index is 15.0. The Morgan fingerprint density at radius 3 is 2.47 bits per heavy atom. The first kappa shape index (κ1) is 23.7. The number of hydrogen-bond donors (Lipinski definition) is 1. The highest BCUT2D eigenvalue weighted by Crippen LogP contribution is 2.46. The van der Waals surface area contributed by atoms with Crippen molar-refractivity contribution in [2.75, 3.05) is 50.8 Å². The van der Waals surface area contributed by atoms with Gasteiger partial charge in [0.25, 0.3) is 0 Å². The second-order valence-corrected chi connectivity index (χ2v) is 11.5. The number of carbonyl (C=O) groups excluding carboxylic acids is 1. The van der Waals surface area contributed by atoms with E-state index in [9.17, 15) is 4.79 Å². The van der Waals surface area contributed by atoms with E-state index in [1.165, 1.54) is 5.56 Å². The Balaban J connectivity index is 1.18. The second-order valence-electron chi connectivity index (χ2n) is 11.5. The summed E-state index contributed by atoms with van der Waals surface area (Å²) >= 11 is 0. The van der Waals surface area contributed by atoms with E-state index in [0.29, 0.717) is 37.9 Å². The zero-order chi connectivity index (χ0) is 24.9. The second kappa shape index (κ2) is 9.34. The van der Waals surface area contributed by atoms with Crippen molar-refractivity contribution in [1.82, 2.24) is 10.2 Å². The average Bonchev–Trinajstić information content (AvgIpc) is 3.13. The number of hydrogen-bond acceptors (Lipinski definition) is 5. The van der Waals surface area contributed by atoms with Crippen LogP contribution in [0.4, 0.5) is 14.9 Å². The number of anilines is 1. The van der Waals surface area contributed by atoms with Crippen LogP contribution < -0.4 is 10.2 Å². The summed E-state index contributed by atoms with van der Waals surface area (Å²) in [7, 11) is 0. The molecule has 7 heteroatoms. The predicted octanol–water partition coefficient (Wildman–Crippen LogP) is 4.77. The highest BCUT2D eigenvalue weighted by atomic mass is 19.1. The molecule has 0 spiro atoms. The van der Waals surface area contributed by atoms with Gasteiger partial charge in [0.15, 0.2) is 0 Å². The third kappa shape index (κ3) is 4.48. The number of carbonyl (C=O) groups is 1. The van der Waals surface area contributed by atoms with Gasteiger partial charge >= 0.3 is 6.09 Å². The molecule has 0 saturated carbocycles. The molecule has 4 saturated heterocycles. The van der Waals surface area contributed by atoms with Crippen LogP contribution in [-0.4, -0.2) is 63.0 Å². The summed E-state index contributed by atoms with van der Waals surface area (Å²) in [5.74, 6) is 0.285. The zero-order valence-electron chi connectivity index (χ0n) is 21.3. The number of alkyl carbamates (subject to hydrolysis) is 1. The van der Waals surface area contributed by atoms with Gasteiger partial charge in [-0.2, -0.15) is 0 Å². The molecule has 1 amide bonds. The van der Waals surface area contributed by atoms with Gasteiger partial charge in [-0.05, 0) is 78.1 Å². The summed E-state index contributed by atoms with van der Waals surface area (Å²) < 4.78 is 26.3. The number of amides is 1. The lowest BCUT2D eigenvalue weighted by Crippen LogP contribution is -2.53. The van der Waals surface area contributed by atoms with Crippen LogP contribution in [0.15, 0.2) is 36.4 Å². The summed E-state index contributed by atoms with van der Waals surface area (Å²) in [6.45, 7) is 10.1. The highest BCUT2D eigenvalue weighted by molar-refractivity contribution is 5.71. The minimum Gasteiger partial charge on any atom is -0.445 e. The van der Waals surface area contributed by atoms with Crippen LogP contribution in [0, 0.1) is 17.2 Å². The summed E-state index contributed by atoms with van der Waals surface area (Å²) in [6.07, 6.45) is 2.76. The van der Waals surface area contributed by atoms with Crippen LogP contribution in [0.1, 0.15) is 43.9 Å². The van der Waals surface area contributed by atoms with Crippen LogP contribution in [0.3, 0.4) is 0 Å². The number of rotatable bonds is 4. The predicted molar refractivity (Wildman–Crippen MR) is 138 cm³/mol. The number of benzene rings is 2. The molecule has 1 N–H and O–H groups in total. The zero-order valence-corrected chi connectivity index (χ0v) is 21.3. The monoisotopic (exact) mass is 493 g/mol. The summed E-state index contributed by atoms with van der Waals surface area (Å²) in [6, 6.07) is 11.7. The van der Waals surface area contributed by atoms with Gasteiger partial charge in [-0.15, -0.1) is 0 Å². The van der Waals surface area contributed by atoms with Gasteiger partial charge in [0.2, 0.25) is 0 Å². The first-order valence-corrected chi connectivity index (χ1v) is 13.3. The number of fused-ring (bicyclic) bond motifs is 4. The van der Waals surface area contributed by atoms with E-state index in [0.717, 1.165) is 55.6 Å². The van der Waals surface area contributed by atoms with Gasteiger partial charge < -0.3 is 19.7 Å². The van der Waals surface area contributed by atoms with Crippen molar-refractivity contribution in [2.45, 2.75) is 45.3 Å². The normalized spacial score (nSPS) is 28.6. The van der Waals surface area contributed by atoms with Gasteiger partial charge in [-0.3, -0.25) is 4.90 Å². The van der Waals surface area contributed by atoms with Crippen molar-refractivity contribution in [3.05, 3.63) is 53.3 Å². The van der Waals surface area contributed by atoms with Crippen molar-refractivity contribution in [2.24, 2.45) is 11.3 Å². The number of halogens is 1. The van der Waals surface area contributed by atoms with Gasteiger partial charge in [0.1, 0.15) is 11.9 Å². The van der Waals surface area contributed by atoms with E-state index in [2.05, 4.69) is 36.2 Å². The number of ether oxygens (including phenoxy) is 2. The molecule has 4 aliphatic heterocycles. The van der Waals surface area contributed by atoms with E-state index in [1.54, 1.807) is 6.07 Å². The number of nitrogens with zero attached hydrogens (tertiary/aromatic N) is 2. The smallest absolute Gasteiger partial charge is 0.407 e. The van der Waals surface area contributed by atoms with Crippen molar-refractivity contribution in [3.63, 3.8) is 0 Å². The molecular weight excluding hydrogens is 457 g/mol. The fourth-order valence-corrected chi connectivity index (χ4v) is 6.59. The van der Waals surface area contributed by atoms with Gasteiger partial charge in [-0.1, -0.05) is 38.1 Å². The van der Waals surface area contributed by atoms with Crippen LogP contribution in [0.2, 0.25) is 0 Å². The molecule has 2 atom stereocenters. The molecule has 4 fully saturated rings. The molecule has 36 heavy (non-hydrogen) atoms. The lowest BCUT2D eigenvalue weighted by Gasteiger charge is -2.44. The first-order chi connectivity index (χ1) is 17.4. The van der Waals surface area contributed by atoms with Crippen LogP contribution in [0.25, 0.3) is 11.1 Å². The minimum absolute atomic E-state index is 0.00538. The van der Waals surface area contributed by atoms with E-state index < -0.39 is 0 Å². The number of piperidine rings is 3. The van der Waals surface area contributed by atoms with E-state index in [1.807, 2.05) is 23.1 Å². The molecular formula is C29H36FN3O3. The summed E-state index contributed by atoms with van der Waals surface area (Å²) in [5, 5.41) is 3.19. The Labute approximate surface area is 212 Å². The SMILES string of the molecule is CC1(C)Cc2cc(-c3ccc(N4CCOCC4)c(F)c3)ccc2C1NC(=O)O[C@@H]1CN2CCC1CC2. The Hall–Kier alpha value is -2.64. The van der Waals surface area contributed by atoms with Crippen molar-refractivity contribution in [3.8, 4) is 11.1 Å². The largest absolute Gasteiger partial charge is 0.445 e. The van der Waals surface area contributed by atoms with E-state index >= 15 is 4.39 Å². The van der Waals surface area contributed by atoms with Crippen molar-refractivity contribution >= 4 is 11.8 Å². The molecule has 192 valence electrons. The third-order valence-corrected chi connectivity index (χ3v) is 8.63. The number of morpholine rings is 1. The lowest BCUT2D eigenvalue weighted by molar-refractivity contribution is -0.0348. The molecule has 4 heterocycles. The molecule has 2 aromatic carbocycles. The molecule has 1 unspecified atom stereocenters. The minimum atomic E-state index is -0.315. The molecule has 2 bridgehead atoms. The Morgan fingerprint density at radius 1 is 1.06 bits per heavy atom. The topological polar surface area (TPSA) is 54.0 Å². The van der Waals surface area contributed by atoms with Crippen molar-refractivity contribution < 1.29 is 18.7 Å².